The van der Waals surface area contributed by atoms with E-state index in [0.29, 0.717) is 28.5 Å². The lowest BCUT2D eigenvalue weighted by Crippen LogP contribution is -2.14. The predicted octanol–water partition coefficient (Wildman–Crippen LogP) is 3.10. The number of carbonyl (C=O) groups is 1. The number of aryl methyl sites for hydroxylation is 3. The Morgan fingerprint density at radius 3 is 2.58 bits per heavy atom. The van der Waals surface area contributed by atoms with E-state index in [2.05, 4.69) is 25.4 Å². The van der Waals surface area contributed by atoms with Crippen molar-refractivity contribution in [1.29, 1.82) is 0 Å². The van der Waals surface area contributed by atoms with Crippen molar-refractivity contribution in [2.75, 3.05) is 5.32 Å². The molecule has 0 radical (unpaired) electrons. The minimum absolute atomic E-state index is 0.112. The molecule has 0 aromatic carbocycles. The number of alkyl halides is 3. The summed E-state index contributed by atoms with van der Waals surface area (Å²) in [5, 5.41) is 8.53. The van der Waals surface area contributed by atoms with Gasteiger partial charge in [-0.1, -0.05) is 0 Å². The average Bonchev–Trinajstić information content (AvgIpc) is 3.13. The molecule has 0 fully saturated rings. The zero-order valence-electron chi connectivity index (χ0n) is 14.2. The molecular weight excluding hydrogens is 369 g/mol. The lowest BCUT2D eigenvalue weighted by molar-refractivity contribution is -0.144. The van der Waals surface area contributed by atoms with Crippen LogP contribution in [0.25, 0.3) is 5.78 Å². The Morgan fingerprint density at radius 1 is 1.23 bits per heavy atom. The third kappa shape index (κ3) is 3.66. The molecule has 0 aliphatic heterocycles. The summed E-state index contributed by atoms with van der Waals surface area (Å²) in [5.41, 5.74) is 2.49. The Morgan fingerprint density at radius 2 is 1.96 bits per heavy atom. The van der Waals surface area contributed by atoms with Crippen molar-refractivity contribution in [3.63, 3.8) is 0 Å². The largest absolute Gasteiger partial charge is 0.453 e. The van der Waals surface area contributed by atoms with Crippen molar-refractivity contribution in [2.24, 2.45) is 0 Å². The first kappa shape index (κ1) is 18.2. The number of hydrogen-bond acceptors (Lipinski definition) is 6. The second kappa shape index (κ2) is 6.63. The monoisotopic (exact) mass is 384 g/mol. The van der Waals surface area contributed by atoms with Crippen LogP contribution in [0.4, 0.5) is 18.3 Å². The van der Waals surface area contributed by atoms with Crippen molar-refractivity contribution < 1.29 is 18.0 Å². The molecule has 0 bridgehead atoms. The van der Waals surface area contributed by atoms with E-state index < -0.39 is 12.0 Å². The zero-order chi connectivity index (χ0) is 19.1. The number of hydrogen-bond donors (Lipinski definition) is 1. The predicted molar refractivity (Wildman–Crippen MR) is 89.1 cm³/mol. The van der Waals surface area contributed by atoms with Crippen molar-refractivity contribution in [3.8, 4) is 0 Å². The zero-order valence-corrected chi connectivity index (χ0v) is 15.0. The maximum Gasteiger partial charge on any atom is 0.453 e. The minimum Gasteiger partial charge on any atom is -0.302 e. The van der Waals surface area contributed by atoms with Crippen LogP contribution in [-0.4, -0.2) is 30.5 Å². The van der Waals surface area contributed by atoms with Crippen LogP contribution in [0.1, 0.15) is 34.9 Å². The first-order valence-corrected chi connectivity index (χ1v) is 8.55. The van der Waals surface area contributed by atoms with Gasteiger partial charge in [-0.2, -0.15) is 18.2 Å². The molecule has 3 aromatic heterocycles. The third-order valence-electron chi connectivity index (χ3n) is 3.77. The number of fused-ring (bicyclic) bond motifs is 1. The summed E-state index contributed by atoms with van der Waals surface area (Å²) in [6.45, 7) is 5.13. The summed E-state index contributed by atoms with van der Waals surface area (Å²) >= 11 is 1.33. The van der Waals surface area contributed by atoms with Gasteiger partial charge in [-0.3, -0.25) is 4.79 Å². The van der Waals surface area contributed by atoms with Gasteiger partial charge in [0.25, 0.3) is 11.6 Å². The molecule has 3 aromatic rings. The fraction of sp³-hybridized carbons (Fsp3) is 0.400. The normalized spacial score (nSPS) is 11.9. The van der Waals surface area contributed by atoms with Gasteiger partial charge in [0.1, 0.15) is 0 Å². The number of nitrogens with zero attached hydrogens (tertiary/aromatic N) is 5. The van der Waals surface area contributed by atoms with E-state index in [0.717, 1.165) is 10.2 Å². The molecule has 0 aliphatic carbocycles. The fourth-order valence-electron chi connectivity index (χ4n) is 2.52. The summed E-state index contributed by atoms with van der Waals surface area (Å²) in [4.78, 5) is 23.7. The highest BCUT2D eigenvalue weighted by Crippen LogP contribution is 2.27. The van der Waals surface area contributed by atoms with Crippen LogP contribution in [-0.2, 0) is 17.4 Å². The Kier molecular flexibility index (Phi) is 4.65. The van der Waals surface area contributed by atoms with Crippen LogP contribution in [0.2, 0.25) is 0 Å². The van der Waals surface area contributed by atoms with Gasteiger partial charge in [0.2, 0.25) is 5.91 Å². The maximum atomic E-state index is 12.8. The Bertz CT molecular complexity index is 978. The van der Waals surface area contributed by atoms with Crippen LogP contribution >= 0.6 is 11.3 Å². The lowest BCUT2D eigenvalue weighted by atomic mass is 10.1. The minimum atomic E-state index is -4.64. The van der Waals surface area contributed by atoms with E-state index in [4.69, 9.17) is 0 Å². The molecule has 1 N–H and O–H groups in total. The van der Waals surface area contributed by atoms with Crippen LogP contribution in [0.15, 0.2) is 5.38 Å². The Labute approximate surface area is 150 Å². The number of aromatic nitrogens is 5. The maximum absolute atomic E-state index is 12.8. The molecule has 3 heterocycles. The van der Waals surface area contributed by atoms with Gasteiger partial charge in [0.15, 0.2) is 5.13 Å². The molecule has 26 heavy (non-hydrogen) atoms. The SMILES string of the molecule is Cc1csc(NC(=O)CCc2c(C)nc3nc(C(F)(F)F)nn3c2C)n1. The van der Waals surface area contributed by atoms with Gasteiger partial charge in [0, 0.05) is 23.2 Å². The molecule has 0 saturated heterocycles. The Hall–Kier alpha value is -2.56. The third-order valence-corrected chi connectivity index (χ3v) is 4.65. The number of halogens is 3. The first-order valence-electron chi connectivity index (χ1n) is 7.67. The number of amides is 1. The number of carbonyl (C=O) groups excluding carboxylic acids is 1. The van der Waals surface area contributed by atoms with Crippen molar-refractivity contribution in [1.82, 2.24) is 24.6 Å². The number of nitrogens with one attached hydrogen (secondary N) is 1. The molecule has 0 spiro atoms. The fourth-order valence-corrected chi connectivity index (χ4v) is 3.23. The highest BCUT2D eigenvalue weighted by Gasteiger charge is 2.36. The second-order valence-corrected chi connectivity index (χ2v) is 6.61. The highest BCUT2D eigenvalue weighted by atomic mass is 32.1. The summed E-state index contributed by atoms with van der Waals surface area (Å²) in [6.07, 6.45) is -4.17. The van der Waals surface area contributed by atoms with E-state index in [1.165, 1.54) is 11.3 Å². The summed E-state index contributed by atoms with van der Waals surface area (Å²) in [5.74, 6) is -1.58. The highest BCUT2D eigenvalue weighted by molar-refractivity contribution is 7.13. The Balaban J connectivity index is 1.80. The standard InChI is InChI=1S/C15H15F3N6OS/c1-7-6-26-14(19-7)21-11(25)5-4-10-8(2)20-13-22-12(15(16,17)18)23-24(13)9(10)3/h6H,4-5H2,1-3H3,(H,19,21,25). The van der Waals surface area contributed by atoms with E-state index in [9.17, 15) is 18.0 Å². The summed E-state index contributed by atoms with van der Waals surface area (Å²) in [7, 11) is 0. The quantitative estimate of drug-likeness (QED) is 0.747. The molecule has 0 aliphatic rings. The lowest BCUT2D eigenvalue weighted by Gasteiger charge is -2.10. The van der Waals surface area contributed by atoms with Crippen molar-refractivity contribution >= 4 is 28.2 Å². The van der Waals surface area contributed by atoms with E-state index in [1.54, 1.807) is 13.8 Å². The summed E-state index contributed by atoms with van der Waals surface area (Å²) in [6, 6.07) is 0. The molecule has 0 unspecified atom stereocenters. The second-order valence-electron chi connectivity index (χ2n) is 5.75. The molecule has 3 rings (SSSR count). The smallest absolute Gasteiger partial charge is 0.302 e. The van der Waals surface area contributed by atoms with E-state index >= 15 is 0 Å². The average molecular weight is 384 g/mol. The molecule has 7 nitrogen and oxygen atoms in total. The number of thiazole rings is 1. The molecule has 0 saturated carbocycles. The van der Waals surface area contributed by atoms with Crippen LogP contribution in [0.5, 0.6) is 0 Å². The summed E-state index contributed by atoms with van der Waals surface area (Å²) < 4.78 is 39.5. The number of rotatable bonds is 4. The number of anilines is 1. The van der Waals surface area contributed by atoms with Crippen LogP contribution in [0.3, 0.4) is 0 Å². The van der Waals surface area contributed by atoms with Gasteiger partial charge in [-0.25, -0.2) is 14.5 Å². The van der Waals surface area contributed by atoms with E-state index in [-0.39, 0.29) is 18.1 Å². The molecule has 0 atom stereocenters. The van der Waals surface area contributed by atoms with Crippen LogP contribution in [0, 0.1) is 20.8 Å². The van der Waals surface area contributed by atoms with Crippen molar-refractivity contribution in [2.45, 2.75) is 39.8 Å². The van der Waals surface area contributed by atoms with E-state index in [1.807, 2.05) is 12.3 Å². The molecule has 1 amide bonds. The molecule has 11 heteroatoms. The van der Waals surface area contributed by atoms with Crippen LogP contribution < -0.4 is 5.32 Å². The van der Waals surface area contributed by atoms with Crippen molar-refractivity contribution in [3.05, 3.63) is 33.8 Å². The van der Waals surface area contributed by atoms with Gasteiger partial charge in [0.05, 0.1) is 5.69 Å². The topological polar surface area (TPSA) is 85.1 Å². The van der Waals surface area contributed by atoms with Gasteiger partial charge >= 0.3 is 6.18 Å². The van der Waals surface area contributed by atoms with Gasteiger partial charge < -0.3 is 5.32 Å². The molecular formula is C15H15F3N6OS. The van der Waals surface area contributed by atoms with Gasteiger partial charge in [-0.05, 0) is 32.8 Å². The van der Waals surface area contributed by atoms with Gasteiger partial charge in [-0.15, -0.1) is 16.4 Å². The first-order chi connectivity index (χ1) is 12.1. The molecule has 138 valence electrons.